The lowest BCUT2D eigenvalue weighted by atomic mass is 9.67. The molecule has 5 rings (SSSR count). The molecule has 0 saturated heterocycles. The molecular formula is C33H29NO8. The Morgan fingerprint density at radius 2 is 1.83 bits per heavy atom. The quantitative estimate of drug-likeness (QED) is 0.322. The summed E-state index contributed by atoms with van der Waals surface area (Å²) in [5.74, 6) is 1.93. The van der Waals surface area contributed by atoms with Crippen LogP contribution in [0.1, 0.15) is 48.7 Å². The Morgan fingerprint density at radius 3 is 2.52 bits per heavy atom. The third kappa shape index (κ3) is 4.55. The second kappa shape index (κ2) is 11.1. The van der Waals surface area contributed by atoms with Crippen molar-refractivity contribution in [1.82, 2.24) is 5.32 Å². The molecule has 214 valence electrons. The molecule has 0 spiro atoms. The summed E-state index contributed by atoms with van der Waals surface area (Å²) in [4.78, 5) is 51.9. The SMILES string of the molecule is CCC#CCOc1ccc(CNC(=O)c2c(OC)cc(O)c3c2OC2=CC(=O)C(C(C)=O)C(=O)[C@]23C)c2ccccc12. The summed E-state index contributed by atoms with van der Waals surface area (Å²) in [6.45, 7) is 4.98. The van der Waals surface area contributed by atoms with Gasteiger partial charge in [-0.1, -0.05) is 43.2 Å². The highest BCUT2D eigenvalue weighted by atomic mass is 16.5. The zero-order valence-corrected chi connectivity index (χ0v) is 23.6. The molecule has 9 heteroatoms. The van der Waals surface area contributed by atoms with E-state index in [4.69, 9.17) is 14.2 Å². The number of aromatic hydroxyl groups is 1. The molecule has 1 amide bonds. The van der Waals surface area contributed by atoms with E-state index in [1.165, 1.54) is 20.1 Å². The van der Waals surface area contributed by atoms with Crippen molar-refractivity contribution in [3.05, 3.63) is 71.0 Å². The van der Waals surface area contributed by atoms with Gasteiger partial charge in [0.05, 0.1) is 12.7 Å². The summed E-state index contributed by atoms with van der Waals surface area (Å²) in [7, 11) is 1.33. The number of carbonyl (C=O) groups is 4. The van der Waals surface area contributed by atoms with Crippen LogP contribution in [0.15, 0.2) is 54.3 Å². The van der Waals surface area contributed by atoms with Crippen LogP contribution in [0.3, 0.4) is 0 Å². The van der Waals surface area contributed by atoms with E-state index in [0.717, 1.165) is 35.8 Å². The Morgan fingerprint density at radius 1 is 1.10 bits per heavy atom. The monoisotopic (exact) mass is 567 g/mol. The van der Waals surface area contributed by atoms with Gasteiger partial charge in [-0.05, 0) is 30.9 Å². The summed E-state index contributed by atoms with van der Waals surface area (Å²) in [5.41, 5.74) is -0.880. The molecule has 0 radical (unpaired) electrons. The molecule has 0 bridgehead atoms. The van der Waals surface area contributed by atoms with Crippen LogP contribution >= 0.6 is 0 Å². The van der Waals surface area contributed by atoms with Gasteiger partial charge in [-0.3, -0.25) is 19.2 Å². The Bertz CT molecular complexity index is 1760. The Hall–Kier alpha value is -5.10. The first-order chi connectivity index (χ1) is 20.1. The molecule has 0 fully saturated rings. The zero-order valence-electron chi connectivity index (χ0n) is 23.6. The Kier molecular flexibility index (Phi) is 7.48. The number of allylic oxidation sites excluding steroid dienone is 2. The van der Waals surface area contributed by atoms with Gasteiger partial charge in [0, 0.05) is 30.5 Å². The summed E-state index contributed by atoms with van der Waals surface area (Å²) in [5, 5.41) is 15.6. The number of phenols is 1. The normalized spacial score (nSPS) is 18.7. The lowest BCUT2D eigenvalue weighted by Gasteiger charge is -2.30. The van der Waals surface area contributed by atoms with Gasteiger partial charge in [0.15, 0.2) is 17.3 Å². The Balaban J connectivity index is 1.50. The van der Waals surface area contributed by atoms with E-state index in [2.05, 4.69) is 17.2 Å². The van der Waals surface area contributed by atoms with E-state index in [9.17, 15) is 24.3 Å². The lowest BCUT2D eigenvalue weighted by Crippen LogP contribution is -2.47. The number of carbonyl (C=O) groups excluding carboxylic acids is 4. The first-order valence-electron chi connectivity index (χ1n) is 13.4. The largest absolute Gasteiger partial charge is 0.507 e. The van der Waals surface area contributed by atoms with E-state index < -0.39 is 34.6 Å². The third-order valence-electron chi connectivity index (χ3n) is 7.61. The van der Waals surface area contributed by atoms with Crippen molar-refractivity contribution in [2.75, 3.05) is 13.7 Å². The molecule has 1 heterocycles. The predicted octanol–water partition coefficient (Wildman–Crippen LogP) is 4.17. The molecule has 2 atom stereocenters. The van der Waals surface area contributed by atoms with Gasteiger partial charge in [-0.2, -0.15) is 0 Å². The van der Waals surface area contributed by atoms with Crippen LogP contribution < -0.4 is 19.5 Å². The fourth-order valence-electron chi connectivity index (χ4n) is 5.52. The minimum Gasteiger partial charge on any atom is -0.507 e. The van der Waals surface area contributed by atoms with Gasteiger partial charge < -0.3 is 24.6 Å². The van der Waals surface area contributed by atoms with Crippen molar-refractivity contribution >= 4 is 34.0 Å². The van der Waals surface area contributed by atoms with Crippen LogP contribution in [0.2, 0.25) is 0 Å². The number of nitrogens with one attached hydrogen (secondary N) is 1. The molecule has 1 aliphatic heterocycles. The fraction of sp³-hybridized carbons (Fsp3) is 0.273. The van der Waals surface area contributed by atoms with Crippen molar-refractivity contribution in [1.29, 1.82) is 0 Å². The number of benzene rings is 3. The highest BCUT2D eigenvalue weighted by Crippen LogP contribution is 2.56. The highest BCUT2D eigenvalue weighted by Gasteiger charge is 2.58. The maximum atomic E-state index is 13.7. The Labute approximate surface area is 242 Å². The molecule has 0 aromatic heterocycles. The van der Waals surface area contributed by atoms with E-state index in [1.54, 1.807) is 0 Å². The molecular weight excluding hydrogens is 538 g/mol. The van der Waals surface area contributed by atoms with Gasteiger partial charge in [0.25, 0.3) is 5.91 Å². The number of amides is 1. The van der Waals surface area contributed by atoms with Gasteiger partial charge in [-0.25, -0.2) is 0 Å². The number of hydrogen-bond donors (Lipinski definition) is 2. The minimum atomic E-state index is -1.64. The zero-order chi connectivity index (χ0) is 30.2. The minimum absolute atomic E-state index is 0.00146. The number of hydrogen-bond acceptors (Lipinski definition) is 8. The number of methoxy groups -OCH3 is 1. The average Bonchev–Trinajstić information content (AvgIpc) is 3.27. The van der Waals surface area contributed by atoms with Crippen LogP contribution in [-0.4, -0.2) is 42.1 Å². The van der Waals surface area contributed by atoms with E-state index in [1.807, 2.05) is 43.3 Å². The number of Topliss-reactive ketones (excluding diaryl/α,β-unsaturated/α-hetero) is 2. The molecule has 0 saturated carbocycles. The van der Waals surface area contributed by atoms with Crippen molar-refractivity contribution < 1.29 is 38.5 Å². The van der Waals surface area contributed by atoms with Crippen LogP contribution in [0, 0.1) is 17.8 Å². The predicted molar refractivity (Wildman–Crippen MR) is 154 cm³/mol. The van der Waals surface area contributed by atoms with Crippen LogP contribution in [-0.2, 0) is 26.3 Å². The molecule has 9 nitrogen and oxygen atoms in total. The van der Waals surface area contributed by atoms with Crippen LogP contribution in [0.25, 0.3) is 10.8 Å². The number of phenolic OH excluding ortho intramolecular Hbond substituents is 1. The maximum absolute atomic E-state index is 13.7. The number of fused-ring (bicyclic) bond motifs is 4. The lowest BCUT2D eigenvalue weighted by molar-refractivity contribution is -0.140. The molecule has 42 heavy (non-hydrogen) atoms. The summed E-state index contributed by atoms with van der Waals surface area (Å²) in [6, 6.07) is 12.5. The molecule has 3 aromatic carbocycles. The summed E-state index contributed by atoms with van der Waals surface area (Å²) in [6.07, 6.45) is 1.83. The topological polar surface area (TPSA) is 128 Å². The average molecular weight is 568 g/mol. The van der Waals surface area contributed by atoms with Crippen LogP contribution in [0.4, 0.5) is 0 Å². The molecule has 3 aromatic rings. The van der Waals surface area contributed by atoms with Crippen molar-refractivity contribution in [3.63, 3.8) is 0 Å². The molecule has 1 aliphatic carbocycles. The van der Waals surface area contributed by atoms with Gasteiger partial charge in [0.2, 0.25) is 0 Å². The third-order valence-corrected chi connectivity index (χ3v) is 7.61. The van der Waals surface area contributed by atoms with Crippen molar-refractivity contribution in [2.45, 2.75) is 39.2 Å². The first kappa shape index (κ1) is 28.4. The molecule has 2 aliphatic rings. The molecule has 2 N–H and O–H groups in total. The van der Waals surface area contributed by atoms with E-state index in [-0.39, 0.29) is 47.3 Å². The van der Waals surface area contributed by atoms with Gasteiger partial charge in [0.1, 0.15) is 52.3 Å². The second-order valence-electron chi connectivity index (χ2n) is 10.2. The smallest absolute Gasteiger partial charge is 0.259 e. The van der Waals surface area contributed by atoms with Crippen LogP contribution in [0.5, 0.6) is 23.0 Å². The van der Waals surface area contributed by atoms with E-state index in [0.29, 0.717) is 5.75 Å². The number of ketones is 3. The fourth-order valence-corrected chi connectivity index (χ4v) is 5.52. The highest BCUT2D eigenvalue weighted by molar-refractivity contribution is 6.27. The van der Waals surface area contributed by atoms with Crippen molar-refractivity contribution in [3.8, 4) is 34.8 Å². The number of ether oxygens (including phenoxy) is 3. The van der Waals surface area contributed by atoms with E-state index >= 15 is 0 Å². The first-order valence-corrected chi connectivity index (χ1v) is 13.4. The second-order valence-corrected chi connectivity index (χ2v) is 10.2. The van der Waals surface area contributed by atoms with Crippen molar-refractivity contribution in [2.24, 2.45) is 5.92 Å². The standard InChI is InChI=1S/C33H29NO8/c1-5-6-9-14-41-24-13-12-19(20-10-7-8-11-21(20)24)17-34-32(39)28-25(40-4)15-23(37)29-30(28)42-26-16-22(36)27(18(2)35)31(38)33(26,29)3/h7-8,10-13,15-16,27,37H,5,14,17H2,1-4H3,(H,34,39)/t27?,33-/m1/s1. The van der Waals surface area contributed by atoms with Gasteiger partial charge in [-0.15, -0.1) is 5.92 Å². The number of rotatable bonds is 7. The maximum Gasteiger partial charge on any atom is 0.259 e. The molecule has 1 unspecified atom stereocenters. The summed E-state index contributed by atoms with van der Waals surface area (Å²) < 4.78 is 17.2. The summed E-state index contributed by atoms with van der Waals surface area (Å²) >= 11 is 0. The van der Waals surface area contributed by atoms with Gasteiger partial charge >= 0.3 is 0 Å².